The highest BCUT2D eigenvalue weighted by Gasteiger charge is 2.27. The molecule has 0 radical (unpaired) electrons. The maximum Gasteiger partial charge on any atom is 0.410 e. The van der Waals surface area contributed by atoms with Crippen molar-refractivity contribution >= 4 is 34.2 Å². The molecule has 10 nitrogen and oxygen atoms in total. The van der Waals surface area contributed by atoms with Crippen molar-refractivity contribution in [3.63, 3.8) is 0 Å². The van der Waals surface area contributed by atoms with Crippen LogP contribution < -0.4 is 10.5 Å². The van der Waals surface area contributed by atoms with Gasteiger partial charge in [-0.05, 0) is 32.9 Å². The number of fused-ring (bicyclic) bond motifs is 1. The number of benzene rings is 1. The molecule has 1 amide bonds. The SMILES string of the molecule is COC(=O)c1ccc(-c2nn3c(N4CCN(C(=O)OC(C)(C)C)CC4)cc(=O)nc3s2)cc1. The summed E-state index contributed by atoms with van der Waals surface area (Å²) in [5.74, 6) is 0.216. The van der Waals surface area contributed by atoms with Crippen molar-refractivity contribution in [1.29, 1.82) is 0 Å². The van der Waals surface area contributed by atoms with Crippen LogP contribution in [0, 0.1) is 0 Å². The van der Waals surface area contributed by atoms with E-state index in [-0.39, 0.29) is 11.7 Å². The van der Waals surface area contributed by atoms with Gasteiger partial charge in [-0.15, -0.1) is 0 Å². The normalized spacial score (nSPS) is 14.4. The largest absolute Gasteiger partial charge is 0.465 e. The molecular weight excluding hydrogens is 446 g/mol. The fourth-order valence-corrected chi connectivity index (χ4v) is 4.36. The van der Waals surface area contributed by atoms with E-state index in [2.05, 4.69) is 10.1 Å². The van der Waals surface area contributed by atoms with Crippen molar-refractivity contribution in [1.82, 2.24) is 19.5 Å². The second-order valence-electron chi connectivity index (χ2n) is 8.58. The number of nitrogens with zero attached hydrogens (tertiary/aromatic N) is 5. The number of piperazine rings is 1. The molecule has 11 heteroatoms. The number of methoxy groups -OCH3 is 1. The lowest BCUT2D eigenvalue weighted by molar-refractivity contribution is 0.0240. The second kappa shape index (κ2) is 8.81. The Hall–Kier alpha value is -3.47. The van der Waals surface area contributed by atoms with E-state index < -0.39 is 11.6 Å². The molecule has 0 spiro atoms. The van der Waals surface area contributed by atoms with Gasteiger partial charge in [0.15, 0.2) is 0 Å². The molecule has 1 aromatic carbocycles. The van der Waals surface area contributed by atoms with Gasteiger partial charge in [0.05, 0.1) is 12.7 Å². The molecule has 1 aliphatic rings. The van der Waals surface area contributed by atoms with Gasteiger partial charge < -0.3 is 19.3 Å². The Morgan fingerprint density at radius 2 is 1.73 bits per heavy atom. The fraction of sp³-hybridized carbons (Fsp3) is 0.409. The van der Waals surface area contributed by atoms with Crippen molar-refractivity contribution < 1.29 is 19.1 Å². The first-order valence-electron chi connectivity index (χ1n) is 10.5. The monoisotopic (exact) mass is 471 g/mol. The summed E-state index contributed by atoms with van der Waals surface area (Å²) in [5, 5.41) is 5.33. The average Bonchev–Trinajstić information content (AvgIpc) is 3.21. The van der Waals surface area contributed by atoms with Crippen molar-refractivity contribution in [3.8, 4) is 10.6 Å². The lowest BCUT2D eigenvalue weighted by Crippen LogP contribution is -2.50. The second-order valence-corrected chi connectivity index (χ2v) is 9.53. The van der Waals surface area contributed by atoms with E-state index in [1.165, 1.54) is 24.5 Å². The average molecular weight is 472 g/mol. The quantitative estimate of drug-likeness (QED) is 0.537. The first-order chi connectivity index (χ1) is 15.6. The van der Waals surface area contributed by atoms with Crippen LogP contribution in [-0.4, -0.2) is 70.5 Å². The van der Waals surface area contributed by atoms with Gasteiger partial charge in [-0.2, -0.15) is 14.6 Å². The van der Waals surface area contributed by atoms with Crippen LogP contribution in [0.25, 0.3) is 15.5 Å². The number of hydrogen-bond donors (Lipinski definition) is 0. The molecule has 1 saturated heterocycles. The predicted molar refractivity (Wildman–Crippen MR) is 124 cm³/mol. The maximum absolute atomic E-state index is 12.3. The highest BCUT2D eigenvalue weighted by atomic mass is 32.1. The van der Waals surface area contributed by atoms with Crippen LogP contribution >= 0.6 is 11.3 Å². The van der Waals surface area contributed by atoms with Crippen molar-refractivity contribution in [2.24, 2.45) is 0 Å². The van der Waals surface area contributed by atoms with E-state index in [0.717, 1.165) is 5.56 Å². The molecule has 0 N–H and O–H groups in total. The van der Waals surface area contributed by atoms with Crippen LogP contribution in [0.4, 0.5) is 10.6 Å². The molecule has 4 rings (SSSR count). The Balaban J connectivity index is 1.57. The van der Waals surface area contributed by atoms with Crippen LogP contribution in [0.3, 0.4) is 0 Å². The summed E-state index contributed by atoms with van der Waals surface area (Å²) >= 11 is 1.29. The Bertz CT molecular complexity index is 1240. The molecule has 0 saturated carbocycles. The van der Waals surface area contributed by atoms with Gasteiger partial charge in [-0.25, -0.2) is 9.59 Å². The molecule has 0 bridgehead atoms. The van der Waals surface area contributed by atoms with Crippen LogP contribution in [0.2, 0.25) is 0 Å². The molecule has 0 atom stereocenters. The molecule has 1 fully saturated rings. The fourth-order valence-electron chi connectivity index (χ4n) is 3.45. The standard InChI is InChI=1S/C22H25N5O5S/c1-22(2,3)32-21(30)26-11-9-25(10-12-26)17-13-16(28)23-20-27(17)24-18(33-20)14-5-7-15(8-6-14)19(29)31-4/h5-8,13H,9-12H2,1-4H3. The lowest BCUT2D eigenvalue weighted by atomic mass is 10.1. The summed E-state index contributed by atoms with van der Waals surface area (Å²) in [6.07, 6.45) is -0.342. The van der Waals surface area contributed by atoms with Crippen LogP contribution in [0.1, 0.15) is 31.1 Å². The third kappa shape index (κ3) is 4.98. The van der Waals surface area contributed by atoms with Crippen molar-refractivity contribution in [3.05, 3.63) is 46.2 Å². The number of aromatic nitrogens is 3. The van der Waals surface area contributed by atoms with Gasteiger partial charge in [0.1, 0.15) is 16.4 Å². The number of ether oxygens (including phenoxy) is 2. The molecule has 2 aromatic heterocycles. The summed E-state index contributed by atoms with van der Waals surface area (Å²) in [6.45, 7) is 7.52. The lowest BCUT2D eigenvalue weighted by Gasteiger charge is -2.36. The van der Waals surface area contributed by atoms with Gasteiger partial charge >= 0.3 is 12.1 Å². The third-order valence-electron chi connectivity index (χ3n) is 5.04. The zero-order valence-electron chi connectivity index (χ0n) is 18.9. The van der Waals surface area contributed by atoms with E-state index in [0.29, 0.717) is 47.5 Å². The van der Waals surface area contributed by atoms with E-state index in [1.54, 1.807) is 33.7 Å². The molecule has 0 unspecified atom stereocenters. The number of hydrogen-bond acceptors (Lipinski definition) is 9. The van der Waals surface area contributed by atoms with Gasteiger partial charge in [-0.1, -0.05) is 23.5 Å². The van der Waals surface area contributed by atoms with Crippen molar-refractivity contribution in [2.45, 2.75) is 26.4 Å². The van der Waals surface area contributed by atoms with Gasteiger partial charge in [0.25, 0.3) is 5.56 Å². The highest BCUT2D eigenvalue weighted by molar-refractivity contribution is 7.19. The molecule has 1 aliphatic heterocycles. The van der Waals surface area contributed by atoms with Crippen molar-refractivity contribution in [2.75, 3.05) is 38.2 Å². The molecule has 174 valence electrons. The summed E-state index contributed by atoms with van der Waals surface area (Å²) in [5.41, 5.74) is 0.339. The topological polar surface area (TPSA) is 106 Å². The highest BCUT2D eigenvalue weighted by Crippen LogP contribution is 2.28. The van der Waals surface area contributed by atoms with Crippen LogP contribution in [0.15, 0.2) is 35.1 Å². The van der Waals surface area contributed by atoms with Gasteiger partial charge in [0.2, 0.25) is 4.96 Å². The molecule has 0 aliphatic carbocycles. The van der Waals surface area contributed by atoms with Gasteiger partial charge in [-0.3, -0.25) is 4.79 Å². The van der Waals surface area contributed by atoms with E-state index in [4.69, 9.17) is 9.47 Å². The maximum atomic E-state index is 12.3. The van der Waals surface area contributed by atoms with Crippen LogP contribution in [0.5, 0.6) is 0 Å². The summed E-state index contributed by atoms with van der Waals surface area (Å²) in [7, 11) is 1.33. The number of carbonyl (C=O) groups is 2. The predicted octanol–water partition coefficient (Wildman–Crippen LogP) is 2.66. The number of carbonyl (C=O) groups excluding carboxylic acids is 2. The zero-order valence-corrected chi connectivity index (χ0v) is 19.7. The first kappa shape index (κ1) is 22.7. The number of anilines is 1. The number of rotatable bonds is 3. The molecule has 3 aromatic rings. The minimum Gasteiger partial charge on any atom is -0.465 e. The summed E-state index contributed by atoms with van der Waals surface area (Å²) in [4.78, 5) is 44.5. The molecule has 3 heterocycles. The van der Waals surface area contributed by atoms with Gasteiger partial charge in [0, 0.05) is 37.8 Å². The van der Waals surface area contributed by atoms with E-state index in [9.17, 15) is 14.4 Å². The summed E-state index contributed by atoms with van der Waals surface area (Å²) in [6, 6.07) is 8.35. The minimum atomic E-state index is -0.551. The Labute approximate surface area is 194 Å². The Morgan fingerprint density at radius 1 is 1.06 bits per heavy atom. The Kier molecular flexibility index (Phi) is 6.07. The molecular formula is C22H25N5O5S. The molecule has 33 heavy (non-hydrogen) atoms. The third-order valence-corrected chi connectivity index (χ3v) is 6.00. The van der Waals surface area contributed by atoms with E-state index >= 15 is 0 Å². The Morgan fingerprint density at radius 3 is 2.33 bits per heavy atom. The smallest absolute Gasteiger partial charge is 0.410 e. The number of amides is 1. The minimum absolute atomic E-state index is 0.342. The summed E-state index contributed by atoms with van der Waals surface area (Å²) < 4.78 is 11.8. The van der Waals surface area contributed by atoms with E-state index in [1.807, 2.05) is 25.7 Å². The van der Waals surface area contributed by atoms with Crippen LogP contribution in [-0.2, 0) is 9.47 Å². The first-order valence-corrected chi connectivity index (χ1v) is 11.3. The number of esters is 1. The zero-order chi connectivity index (χ0) is 23.8.